The molecule has 2 amide bonds. The molecular weight excluding hydrogens is 298 g/mol. The minimum Gasteiger partial charge on any atom is -0.497 e. The van der Waals surface area contributed by atoms with Gasteiger partial charge >= 0.3 is 6.03 Å². The maximum absolute atomic E-state index is 12.1. The van der Waals surface area contributed by atoms with Crippen molar-refractivity contribution in [3.63, 3.8) is 0 Å². The Morgan fingerprint density at radius 1 is 1.30 bits per heavy atom. The topological polar surface area (TPSA) is 90.3 Å². The summed E-state index contributed by atoms with van der Waals surface area (Å²) in [7, 11) is 3.11. The molecule has 0 radical (unpaired) electrons. The second-order valence-electron chi connectivity index (χ2n) is 5.16. The smallest absolute Gasteiger partial charge is 0.319 e. The molecule has 2 N–H and O–H groups in total. The van der Waals surface area contributed by atoms with Crippen LogP contribution in [0.2, 0.25) is 0 Å². The molecule has 2 aromatic rings. The fourth-order valence-electron chi connectivity index (χ4n) is 2.58. The number of aryl methyl sites for hydroxylation is 1. The molecular formula is C15H19N5O3. The summed E-state index contributed by atoms with van der Waals surface area (Å²) >= 11 is 0. The molecule has 2 heterocycles. The van der Waals surface area contributed by atoms with Gasteiger partial charge in [-0.15, -0.1) is 10.2 Å². The lowest BCUT2D eigenvalue weighted by atomic mass is 10.2. The van der Waals surface area contributed by atoms with Gasteiger partial charge in [0, 0.05) is 19.0 Å². The van der Waals surface area contributed by atoms with Crippen LogP contribution in [0.5, 0.6) is 11.5 Å². The zero-order valence-electron chi connectivity index (χ0n) is 13.1. The number of rotatable bonds is 5. The minimum absolute atomic E-state index is 0.325. The lowest BCUT2D eigenvalue weighted by Gasteiger charge is -2.12. The number of nitrogens with one attached hydrogen (secondary N) is 2. The Morgan fingerprint density at radius 2 is 2.17 bits per heavy atom. The third kappa shape index (κ3) is 3.20. The zero-order valence-corrected chi connectivity index (χ0v) is 13.1. The van der Waals surface area contributed by atoms with E-state index < -0.39 is 0 Å². The van der Waals surface area contributed by atoms with Crippen LogP contribution in [0.25, 0.3) is 0 Å². The summed E-state index contributed by atoms with van der Waals surface area (Å²) in [5, 5.41) is 13.8. The molecule has 3 rings (SSSR count). The molecule has 0 unspecified atom stereocenters. The van der Waals surface area contributed by atoms with Crippen molar-refractivity contribution in [2.24, 2.45) is 0 Å². The molecule has 0 saturated heterocycles. The molecule has 0 fully saturated rings. The van der Waals surface area contributed by atoms with E-state index in [1.165, 1.54) is 0 Å². The van der Waals surface area contributed by atoms with Crippen LogP contribution in [-0.4, -0.2) is 35.0 Å². The summed E-state index contributed by atoms with van der Waals surface area (Å²) in [6.07, 6.45) is 2.02. The number of anilines is 1. The molecule has 0 saturated carbocycles. The summed E-state index contributed by atoms with van der Waals surface area (Å²) < 4.78 is 12.4. The standard InChI is InChI=1S/C15H19N5O3/c1-22-10-5-6-12(23-2)11(8-10)17-15(21)16-9-14-19-18-13-4-3-7-20(13)14/h5-6,8H,3-4,7,9H2,1-2H3,(H2,16,17,21). The SMILES string of the molecule is COc1ccc(OC)c(NC(=O)NCc2nnc3n2CCC3)c1. The predicted octanol–water partition coefficient (Wildman–Crippen LogP) is 1.56. The van der Waals surface area contributed by atoms with Crippen LogP contribution in [-0.2, 0) is 19.5 Å². The Labute approximate surface area is 133 Å². The number of nitrogens with zero attached hydrogens (tertiary/aromatic N) is 3. The first kappa shape index (κ1) is 15.1. The number of hydrogen-bond donors (Lipinski definition) is 2. The number of urea groups is 1. The summed E-state index contributed by atoms with van der Waals surface area (Å²) in [5.41, 5.74) is 0.538. The van der Waals surface area contributed by atoms with Crippen molar-refractivity contribution in [3.8, 4) is 11.5 Å². The second-order valence-corrected chi connectivity index (χ2v) is 5.16. The maximum atomic E-state index is 12.1. The Bertz CT molecular complexity index is 713. The highest BCUT2D eigenvalue weighted by Crippen LogP contribution is 2.28. The van der Waals surface area contributed by atoms with E-state index in [0.717, 1.165) is 31.0 Å². The molecule has 23 heavy (non-hydrogen) atoms. The molecule has 0 atom stereocenters. The second kappa shape index (κ2) is 6.55. The summed E-state index contributed by atoms with van der Waals surface area (Å²) in [4.78, 5) is 12.1. The number of carbonyl (C=O) groups excluding carboxylic acids is 1. The van der Waals surface area contributed by atoms with Crippen LogP contribution in [0.1, 0.15) is 18.1 Å². The molecule has 1 aromatic heterocycles. The molecule has 8 nitrogen and oxygen atoms in total. The van der Waals surface area contributed by atoms with Crippen LogP contribution in [0.3, 0.4) is 0 Å². The van der Waals surface area contributed by atoms with Crippen LogP contribution in [0.15, 0.2) is 18.2 Å². The molecule has 1 aromatic carbocycles. The van der Waals surface area contributed by atoms with E-state index >= 15 is 0 Å². The Kier molecular flexibility index (Phi) is 4.31. The largest absolute Gasteiger partial charge is 0.497 e. The molecule has 0 aliphatic carbocycles. The fourth-order valence-corrected chi connectivity index (χ4v) is 2.58. The monoisotopic (exact) mass is 317 g/mol. The van der Waals surface area contributed by atoms with E-state index in [0.29, 0.717) is 23.7 Å². The number of fused-ring (bicyclic) bond motifs is 1. The van der Waals surface area contributed by atoms with Crippen molar-refractivity contribution in [1.29, 1.82) is 0 Å². The number of carbonyl (C=O) groups is 1. The predicted molar refractivity (Wildman–Crippen MR) is 83.7 cm³/mol. The van der Waals surface area contributed by atoms with Crippen molar-refractivity contribution >= 4 is 11.7 Å². The molecule has 1 aliphatic heterocycles. The van der Waals surface area contributed by atoms with Gasteiger partial charge < -0.3 is 24.7 Å². The first-order valence-electron chi connectivity index (χ1n) is 7.39. The van der Waals surface area contributed by atoms with Gasteiger partial charge in [0.15, 0.2) is 5.82 Å². The number of benzene rings is 1. The highest BCUT2D eigenvalue weighted by Gasteiger charge is 2.17. The van der Waals surface area contributed by atoms with Crippen molar-refractivity contribution in [2.75, 3.05) is 19.5 Å². The Balaban J connectivity index is 1.63. The Morgan fingerprint density at radius 3 is 2.96 bits per heavy atom. The van der Waals surface area contributed by atoms with Gasteiger partial charge in [-0.05, 0) is 18.6 Å². The number of methoxy groups -OCH3 is 2. The van der Waals surface area contributed by atoms with E-state index in [1.54, 1.807) is 32.4 Å². The highest BCUT2D eigenvalue weighted by molar-refractivity contribution is 5.91. The van der Waals surface area contributed by atoms with Gasteiger partial charge in [-0.1, -0.05) is 0 Å². The number of aromatic nitrogens is 3. The van der Waals surface area contributed by atoms with E-state index in [4.69, 9.17) is 9.47 Å². The third-order valence-electron chi connectivity index (χ3n) is 3.75. The van der Waals surface area contributed by atoms with E-state index in [9.17, 15) is 4.79 Å². The highest BCUT2D eigenvalue weighted by atomic mass is 16.5. The average molecular weight is 317 g/mol. The van der Waals surface area contributed by atoms with Crippen LogP contribution >= 0.6 is 0 Å². The average Bonchev–Trinajstić information content (AvgIpc) is 3.16. The molecule has 0 bridgehead atoms. The number of amides is 2. The van der Waals surface area contributed by atoms with Crippen LogP contribution in [0.4, 0.5) is 10.5 Å². The van der Waals surface area contributed by atoms with Gasteiger partial charge in [0.1, 0.15) is 17.3 Å². The molecule has 0 spiro atoms. The van der Waals surface area contributed by atoms with Crippen molar-refractivity contribution in [1.82, 2.24) is 20.1 Å². The van der Waals surface area contributed by atoms with Crippen molar-refractivity contribution in [2.45, 2.75) is 25.9 Å². The number of hydrogen-bond acceptors (Lipinski definition) is 5. The van der Waals surface area contributed by atoms with Crippen molar-refractivity contribution in [3.05, 3.63) is 29.8 Å². The lowest BCUT2D eigenvalue weighted by Crippen LogP contribution is -2.29. The van der Waals surface area contributed by atoms with Gasteiger partial charge in [0.2, 0.25) is 0 Å². The van der Waals surface area contributed by atoms with E-state index in [-0.39, 0.29) is 6.03 Å². The van der Waals surface area contributed by atoms with Crippen LogP contribution < -0.4 is 20.1 Å². The van der Waals surface area contributed by atoms with Gasteiger partial charge in [0.05, 0.1) is 26.5 Å². The normalized spacial score (nSPS) is 12.6. The zero-order chi connectivity index (χ0) is 16.2. The van der Waals surface area contributed by atoms with E-state index in [2.05, 4.69) is 20.8 Å². The van der Waals surface area contributed by atoms with E-state index in [1.807, 2.05) is 4.57 Å². The minimum atomic E-state index is -0.341. The summed E-state index contributed by atoms with van der Waals surface area (Å²) in [5.74, 6) is 2.95. The quantitative estimate of drug-likeness (QED) is 0.873. The first-order valence-corrected chi connectivity index (χ1v) is 7.39. The van der Waals surface area contributed by atoms with Gasteiger partial charge in [-0.3, -0.25) is 0 Å². The first-order chi connectivity index (χ1) is 11.2. The van der Waals surface area contributed by atoms with Gasteiger partial charge in [-0.25, -0.2) is 4.79 Å². The lowest BCUT2D eigenvalue weighted by molar-refractivity contribution is 0.251. The van der Waals surface area contributed by atoms with Crippen LogP contribution in [0, 0.1) is 0 Å². The van der Waals surface area contributed by atoms with Gasteiger partial charge in [0.25, 0.3) is 0 Å². The summed E-state index contributed by atoms with van der Waals surface area (Å²) in [6, 6.07) is 4.86. The maximum Gasteiger partial charge on any atom is 0.319 e. The Hall–Kier alpha value is -2.77. The molecule has 122 valence electrons. The fraction of sp³-hybridized carbons (Fsp3) is 0.400. The summed E-state index contributed by atoms with van der Waals surface area (Å²) in [6.45, 7) is 1.23. The van der Waals surface area contributed by atoms with Crippen molar-refractivity contribution < 1.29 is 14.3 Å². The van der Waals surface area contributed by atoms with Gasteiger partial charge in [-0.2, -0.15) is 0 Å². The number of ether oxygens (including phenoxy) is 2. The molecule has 1 aliphatic rings. The third-order valence-corrected chi connectivity index (χ3v) is 3.75. The molecule has 8 heteroatoms.